The van der Waals surface area contributed by atoms with Gasteiger partial charge in [-0.3, -0.25) is 0 Å². The van der Waals surface area contributed by atoms with Crippen molar-refractivity contribution in [3.63, 3.8) is 0 Å². The maximum atomic E-state index is 13.1. The predicted molar refractivity (Wildman–Crippen MR) is 76.7 cm³/mol. The molecule has 0 saturated carbocycles. The van der Waals surface area contributed by atoms with Crippen LogP contribution < -0.4 is 0 Å². The van der Waals surface area contributed by atoms with Gasteiger partial charge < -0.3 is 4.90 Å². The van der Waals surface area contributed by atoms with Crippen LogP contribution >= 0.6 is 0 Å². The number of piperidine rings is 1. The second-order valence-electron chi connectivity index (χ2n) is 6.31. The Balaban J connectivity index is 1.88. The van der Waals surface area contributed by atoms with Crippen LogP contribution in [0.1, 0.15) is 50.5 Å². The van der Waals surface area contributed by atoms with Crippen LogP contribution in [0.25, 0.3) is 0 Å². The standard InChI is InChI=1S/C17H24FN/c1-3-4-15-16(12-5-7-13(18)8-6-12)11-14-9-10-17(15)19(14)2/h5-8,14-17H,3-4,9-11H2,1-2H3/t14-,15-,16+,17?/m1/s1. The van der Waals surface area contributed by atoms with E-state index in [9.17, 15) is 4.39 Å². The molecular formula is C17H24FN. The summed E-state index contributed by atoms with van der Waals surface area (Å²) >= 11 is 0. The Morgan fingerprint density at radius 2 is 1.95 bits per heavy atom. The van der Waals surface area contributed by atoms with Crippen LogP contribution in [0, 0.1) is 11.7 Å². The highest BCUT2D eigenvalue weighted by atomic mass is 19.1. The zero-order valence-electron chi connectivity index (χ0n) is 12.0. The van der Waals surface area contributed by atoms with Gasteiger partial charge >= 0.3 is 0 Å². The summed E-state index contributed by atoms with van der Waals surface area (Å²) in [5, 5.41) is 0. The molecule has 0 aliphatic carbocycles. The van der Waals surface area contributed by atoms with Crippen molar-refractivity contribution in [2.75, 3.05) is 7.05 Å². The minimum absolute atomic E-state index is 0.119. The lowest BCUT2D eigenvalue weighted by Gasteiger charge is -2.43. The molecule has 1 unspecified atom stereocenters. The van der Waals surface area contributed by atoms with Crippen LogP contribution in [0.5, 0.6) is 0 Å². The van der Waals surface area contributed by atoms with Gasteiger partial charge in [-0.1, -0.05) is 25.5 Å². The summed E-state index contributed by atoms with van der Waals surface area (Å²) in [7, 11) is 2.30. The van der Waals surface area contributed by atoms with Crippen LogP contribution in [0.3, 0.4) is 0 Å². The Morgan fingerprint density at radius 1 is 1.21 bits per heavy atom. The Bertz CT molecular complexity index is 427. The largest absolute Gasteiger partial charge is 0.300 e. The van der Waals surface area contributed by atoms with Gasteiger partial charge in [0.05, 0.1) is 0 Å². The molecule has 2 fully saturated rings. The van der Waals surface area contributed by atoms with Crippen LogP contribution in [0.4, 0.5) is 4.39 Å². The molecule has 2 heteroatoms. The fourth-order valence-electron chi connectivity index (χ4n) is 4.40. The Labute approximate surface area is 115 Å². The summed E-state index contributed by atoms with van der Waals surface area (Å²) in [5.41, 5.74) is 1.35. The molecule has 1 aromatic carbocycles. The topological polar surface area (TPSA) is 3.24 Å². The lowest BCUT2D eigenvalue weighted by atomic mass is 9.74. The van der Waals surface area contributed by atoms with Crippen molar-refractivity contribution in [1.82, 2.24) is 4.90 Å². The van der Waals surface area contributed by atoms with E-state index in [1.54, 1.807) is 12.1 Å². The fourth-order valence-corrected chi connectivity index (χ4v) is 4.40. The van der Waals surface area contributed by atoms with Gasteiger partial charge in [-0.05, 0) is 62.3 Å². The van der Waals surface area contributed by atoms with Crippen molar-refractivity contribution in [3.05, 3.63) is 35.6 Å². The Kier molecular flexibility index (Phi) is 3.62. The molecule has 2 aliphatic heterocycles. The average molecular weight is 261 g/mol. The number of benzene rings is 1. The molecule has 19 heavy (non-hydrogen) atoms. The molecular weight excluding hydrogens is 237 g/mol. The van der Waals surface area contributed by atoms with E-state index < -0.39 is 0 Å². The molecule has 0 radical (unpaired) electrons. The summed E-state index contributed by atoms with van der Waals surface area (Å²) in [6, 6.07) is 8.75. The lowest BCUT2D eigenvalue weighted by molar-refractivity contribution is 0.0940. The van der Waals surface area contributed by atoms with Gasteiger partial charge in [-0.25, -0.2) is 4.39 Å². The predicted octanol–water partition coefficient (Wildman–Crippen LogP) is 4.19. The molecule has 1 aromatic rings. The van der Waals surface area contributed by atoms with Crippen molar-refractivity contribution in [2.45, 2.75) is 57.0 Å². The SMILES string of the molecule is CCC[C@H]1C2CC[C@H](C[C@H]1c1ccc(F)cc1)N2C. The quantitative estimate of drug-likeness (QED) is 0.788. The second-order valence-corrected chi connectivity index (χ2v) is 6.31. The first-order valence-electron chi connectivity index (χ1n) is 7.68. The van der Waals surface area contributed by atoms with E-state index in [0.717, 1.165) is 18.0 Å². The third-order valence-corrected chi connectivity index (χ3v) is 5.35. The van der Waals surface area contributed by atoms with E-state index in [0.29, 0.717) is 5.92 Å². The van der Waals surface area contributed by atoms with E-state index in [4.69, 9.17) is 0 Å². The van der Waals surface area contributed by atoms with E-state index in [2.05, 4.69) is 18.9 Å². The van der Waals surface area contributed by atoms with E-state index >= 15 is 0 Å². The van der Waals surface area contributed by atoms with E-state index in [-0.39, 0.29) is 5.82 Å². The third kappa shape index (κ3) is 2.31. The van der Waals surface area contributed by atoms with Crippen LogP contribution in [0.2, 0.25) is 0 Å². The van der Waals surface area contributed by atoms with Crippen molar-refractivity contribution < 1.29 is 4.39 Å². The van der Waals surface area contributed by atoms with Crippen molar-refractivity contribution in [1.29, 1.82) is 0 Å². The third-order valence-electron chi connectivity index (χ3n) is 5.35. The van der Waals surface area contributed by atoms with Crippen molar-refractivity contribution in [3.8, 4) is 0 Å². The summed E-state index contributed by atoms with van der Waals surface area (Å²) in [5.74, 6) is 1.26. The molecule has 0 aromatic heterocycles. The van der Waals surface area contributed by atoms with Gasteiger partial charge in [0.2, 0.25) is 0 Å². The molecule has 1 nitrogen and oxygen atoms in total. The van der Waals surface area contributed by atoms with E-state index in [1.165, 1.54) is 37.7 Å². The first kappa shape index (κ1) is 13.1. The molecule has 0 amide bonds. The number of nitrogens with zero attached hydrogens (tertiary/aromatic N) is 1. The maximum absolute atomic E-state index is 13.1. The van der Waals surface area contributed by atoms with Gasteiger partial charge in [0.1, 0.15) is 5.82 Å². The Hall–Kier alpha value is -0.890. The summed E-state index contributed by atoms with van der Waals surface area (Å²) in [6.07, 6.45) is 6.49. The fraction of sp³-hybridized carbons (Fsp3) is 0.647. The molecule has 2 heterocycles. The second kappa shape index (κ2) is 5.24. The molecule has 0 spiro atoms. The monoisotopic (exact) mass is 261 g/mol. The summed E-state index contributed by atoms with van der Waals surface area (Å²) in [4.78, 5) is 2.61. The number of fused-ring (bicyclic) bond motifs is 2. The van der Waals surface area contributed by atoms with Gasteiger partial charge in [0.25, 0.3) is 0 Å². The zero-order valence-corrected chi connectivity index (χ0v) is 12.0. The van der Waals surface area contributed by atoms with E-state index in [1.807, 2.05) is 12.1 Å². The number of halogens is 1. The van der Waals surface area contributed by atoms with Crippen LogP contribution in [-0.4, -0.2) is 24.0 Å². The van der Waals surface area contributed by atoms with Gasteiger partial charge in [0.15, 0.2) is 0 Å². The normalized spacial score (nSPS) is 34.7. The Morgan fingerprint density at radius 3 is 2.63 bits per heavy atom. The first-order valence-corrected chi connectivity index (χ1v) is 7.68. The smallest absolute Gasteiger partial charge is 0.123 e. The maximum Gasteiger partial charge on any atom is 0.123 e. The average Bonchev–Trinajstić information content (AvgIpc) is 2.65. The molecule has 2 aliphatic rings. The minimum atomic E-state index is -0.119. The summed E-state index contributed by atoms with van der Waals surface area (Å²) < 4.78 is 13.1. The van der Waals surface area contributed by atoms with Gasteiger partial charge in [0, 0.05) is 12.1 Å². The number of rotatable bonds is 3. The highest BCUT2D eigenvalue weighted by Crippen LogP contribution is 2.47. The highest BCUT2D eigenvalue weighted by molar-refractivity contribution is 5.24. The van der Waals surface area contributed by atoms with Crippen molar-refractivity contribution in [2.24, 2.45) is 5.92 Å². The highest BCUT2D eigenvalue weighted by Gasteiger charge is 2.45. The number of hydrogen-bond donors (Lipinski definition) is 0. The van der Waals surface area contributed by atoms with Gasteiger partial charge in [-0.2, -0.15) is 0 Å². The molecule has 2 bridgehead atoms. The molecule has 4 atom stereocenters. The zero-order chi connectivity index (χ0) is 13.4. The first-order chi connectivity index (χ1) is 9.20. The van der Waals surface area contributed by atoms with Crippen LogP contribution in [0.15, 0.2) is 24.3 Å². The summed E-state index contributed by atoms with van der Waals surface area (Å²) in [6.45, 7) is 2.28. The lowest BCUT2D eigenvalue weighted by Crippen LogP contribution is -2.45. The molecule has 0 N–H and O–H groups in total. The van der Waals surface area contributed by atoms with Crippen LogP contribution in [-0.2, 0) is 0 Å². The molecule has 104 valence electrons. The number of hydrogen-bond acceptors (Lipinski definition) is 1. The van der Waals surface area contributed by atoms with Crippen molar-refractivity contribution >= 4 is 0 Å². The molecule has 3 rings (SSSR count). The molecule has 2 saturated heterocycles. The van der Waals surface area contributed by atoms with Gasteiger partial charge in [-0.15, -0.1) is 0 Å². The minimum Gasteiger partial charge on any atom is -0.300 e.